The van der Waals surface area contributed by atoms with E-state index in [4.69, 9.17) is 4.74 Å². The van der Waals surface area contributed by atoms with Gasteiger partial charge in [-0.05, 0) is 24.6 Å². The number of benzene rings is 2. The van der Waals surface area contributed by atoms with Crippen molar-refractivity contribution < 1.29 is 9.13 Å². The van der Waals surface area contributed by atoms with Crippen LogP contribution in [0, 0.1) is 5.82 Å². The molecule has 1 atom stereocenters. The zero-order chi connectivity index (χ0) is 14.9. The molecule has 0 fully saturated rings. The summed E-state index contributed by atoms with van der Waals surface area (Å²) in [4.78, 5) is 0. The van der Waals surface area contributed by atoms with Crippen molar-refractivity contribution in [3.63, 3.8) is 0 Å². The maximum atomic E-state index is 14.0. The third-order valence-corrected chi connectivity index (χ3v) is 3.30. The van der Waals surface area contributed by atoms with Gasteiger partial charge in [0, 0.05) is 12.1 Å². The van der Waals surface area contributed by atoms with Crippen LogP contribution in [0.5, 0.6) is 0 Å². The molecule has 0 bridgehead atoms. The summed E-state index contributed by atoms with van der Waals surface area (Å²) in [6, 6.07) is 16.8. The van der Waals surface area contributed by atoms with Crippen molar-refractivity contribution in [3.8, 4) is 0 Å². The monoisotopic (exact) mass is 287 g/mol. The first-order valence-corrected chi connectivity index (χ1v) is 7.42. The molecule has 0 aliphatic heterocycles. The Hall–Kier alpha value is -1.71. The highest BCUT2D eigenvalue weighted by molar-refractivity contribution is 5.21. The van der Waals surface area contributed by atoms with Gasteiger partial charge in [-0.25, -0.2) is 4.39 Å². The van der Waals surface area contributed by atoms with Gasteiger partial charge < -0.3 is 10.1 Å². The van der Waals surface area contributed by atoms with Crippen molar-refractivity contribution in [2.75, 3.05) is 13.1 Å². The van der Waals surface area contributed by atoms with E-state index in [2.05, 4.69) is 12.2 Å². The average molecular weight is 287 g/mol. The van der Waals surface area contributed by atoms with E-state index in [9.17, 15) is 4.39 Å². The normalized spacial score (nSPS) is 12.3. The molecule has 2 aromatic rings. The fourth-order valence-electron chi connectivity index (χ4n) is 2.18. The van der Waals surface area contributed by atoms with Gasteiger partial charge in [-0.3, -0.25) is 0 Å². The Kier molecular flexibility index (Phi) is 6.38. The topological polar surface area (TPSA) is 21.3 Å². The van der Waals surface area contributed by atoms with Crippen LogP contribution in [-0.2, 0) is 11.3 Å². The Balaban J connectivity index is 2.03. The maximum Gasteiger partial charge on any atom is 0.129 e. The van der Waals surface area contributed by atoms with Crippen molar-refractivity contribution >= 4 is 0 Å². The first kappa shape index (κ1) is 15.7. The van der Waals surface area contributed by atoms with Gasteiger partial charge in [-0.15, -0.1) is 0 Å². The van der Waals surface area contributed by atoms with Gasteiger partial charge in [-0.2, -0.15) is 0 Å². The van der Waals surface area contributed by atoms with Gasteiger partial charge in [0.25, 0.3) is 0 Å². The fourth-order valence-corrected chi connectivity index (χ4v) is 2.18. The van der Waals surface area contributed by atoms with Crippen LogP contribution in [0.15, 0.2) is 54.6 Å². The minimum Gasteiger partial charge on any atom is -0.367 e. The molecule has 0 aromatic heterocycles. The van der Waals surface area contributed by atoms with E-state index in [-0.39, 0.29) is 11.9 Å². The van der Waals surface area contributed by atoms with Gasteiger partial charge in [0.1, 0.15) is 5.82 Å². The molecule has 1 unspecified atom stereocenters. The Morgan fingerprint density at radius 3 is 2.48 bits per heavy atom. The summed E-state index contributed by atoms with van der Waals surface area (Å²) in [6.45, 7) is 4.10. The lowest BCUT2D eigenvalue weighted by molar-refractivity contribution is 0.0376. The van der Waals surface area contributed by atoms with Crippen LogP contribution in [-0.4, -0.2) is 13.1 Å². The molecular formula is C18H22FNO. The molecule has 0 saturated carbocycles. The Labute approximate surface area is 126 Å². The van der Waals surface area contributed by atoms with Crippen LogP contribution in [0.2, 0.25) is 0 Å². The quantitative estimate of drug-likeness (QED) is 0.739. The number of hydrogen-bond donors (Lipinski definition) is 1. The molecule has 2 nitrogen and oxygen atoms in total. The molecule has 0 radical (unpaired) electrons. The third-order valence-electron chi connectivity index (χ3n) is 3.30. The summed E-state index contributed by atoms with van der Waals surface area (Å²) in [5, 5.41) is 3.31. The highest BCUT2D eigenvalue weighted by atomic mass is 19.1. The van der Waals surface area contributed by atoms with Crippen molar-refractivity contribution in [3.05, 3.63) is 71.5 Å². The van der Waals surface area contributed by atoms with Crippen molar-refractivity contribution in [1.29, 1.82) is 0 Å². The minimum atomic E-state index is -0.280. The first-order chi connectivity index (χ1) is 10.3. The maximum absolute atomic E-state index is 14.0. The molecule has 1 N–H and O–H groups in total. The molecule has 2 rings (SSSR count). The van der Waals surface area contributed by atoms with E-state index in [1.54, 1.807) is 12.1 Å². The standard InChI is InChI=1S/C18H22FNO/c1-2-12-20-13-18(16-10-6-7-11-17(16)19)21-14-15-8-4-3-5-9-15/h3-11,18,20H,2,12-14H2,1H3. The van der Waals surface area contributed by atoms with Gasteiger partial charge in [0.2, 0.25) is 0 Å². The first-order valence-electron chi connectivity index (χ1n) is 7.42. The number of hydrogen-bond acceptors (Lipinski definition) is 2. The zero-order valence-electron chi connectivity index (χ0n) is 12.4. The van der Waals surface area contributed by atoms with Crippen LogP contribution in [0.1, 0.15) is 30.6 Å². The molecule has 0 heterocycles. The van der Waals surface area contributed by atoms with E-state index >= 15 is 0 Å². The predicted octanol–water partition coefficient (Wildman–Crippen LogP) is 4.08. The Morgan fingerprint density at radius 2 is 1.76 bits per heavy atom. The van der Waals surface area contributed by atoms with Crippen LogP contribution < -0.4 is 5.32 Å². The summed E-state index contributed by atoms with van der Waals surface area (Å²) in [6.07, 6.45) is 0.765. The van der Waals surface area contributed by atoms with Crippen molar-refractivity contribution in [2.24, 2.45) is 0 Å². The summed E-state index contributed by atoms with van der Waals surface area (Å²) in [5.74, 6) is -0.214. The number of ether oxygens (including phenoxy) is 1. The second-order valence-electron chi connectivity index (χ2n) is 5.01. The van der Waals surface area contributed by atoms with Gasteiger partial charge >= 0.3 is 0 Å². The lowest BCUT2D eigenvalue weighted by Gasteiger charge is -2.19. The number of rotatable bonds is 8. The second kappa shape index (κ2) is 8.55. The smallest absolute Gasteiger partial charge is 0.129 e. The second-order valence-corrected chi connectivity index (χ2v) is 5.01. The van der Waals surface area contributed by atoms with Gasteiger partial charge in [-0.1, -0.05) is 55.5 Å². The van der Waals surface area contributed by atoms with Crippen LogP contribution >= 0.6 is 0 Å². The molecular weight excluding hydrogens is 265 g/mol. The van der Waals surface area contributed by atoms with Crippen molar-refractivity contribution in [2.45, 2.75) is 26.1 Å². The lowest BCUT2D eigenvalue weighted by Crippen LogP contribution is -2.24. The Bertz CT molecular complexity index is 530. The summed E-state index contributed by atoms with van der Waals surface area (Å²) in [7, 11) is 0. The average Bonchev–Trinajstić information content (AvgIpc) is 2.53. The van der Waals surface area contributed by atoms with E-state index in [1.165, 1.54) is 6.07 Å². The fraction of sp³-hybridized carbons (Fsp3) is 0.333. The summed E-state index contributed by atoms with van der Waals surface area (Å²) in [5.41, 5.74) is 1.70. The highest BCUT2D eigenvalue weighted by Gasteiger charge is 2.15. The van der Waals surface area contributed by atoms with Crippen molar-refractivity contribution in [1.82, 2.24) is 5.32 Å². The molecule has 0 aliphatic rings. The summed E-state index contributed by atoms with van der Waals surface area (Å²) < 4.78 is 19.9. The number of halogens is 1. The van der Waals surface area contributed by atoms with E-state index in [0.717, 1.165) is 18.5 Å². The van der Waals surface area contributed by atoms with Crippen LogP contribution in [0.25, 0.3) is 0 Å². The third kappa shape index (κ3) is 4.96. The van der Waals surface area contributed by atoms with E-state index < -0.39 is 0 Å². The largest absolute Gasteiger partial charge is 0.367 e. The molecule has 0 aliphatic carbocycles. The van der Waals surface area contributed by atoms with Crippen LogP contribution in [0.4, 0.5) is 4.39 Å². The summed E-state index contributed by atoms with van der Waals surface area (Å²) >= 11 is 0. The van der Waals surface area contributed by atoms with E-state index in [0.29, 0.717) is 18.7 Å². The minimum absolute atomic E-state index is 0.214. The highest BCUT2D eigenvalue weighted by Crippen LogP contribution is 2.21. The van der Waals surface area contributed by atoms with E-state index in [1.807, 2.05) is 36.4 Å². The van der Waals surface area contributed by atoms with Gasteiger partial charge in [0.15, 0.2) is 0 Å². The van der Waals surface area contributed by atoms with Crippen LogP contribution in [0.3, 0.4) is 0 Å². The molecule has 21 heavy (non-hydrogen) atoms. The zero-order valence-corrected chi connectivity index (χ0v) is 12.4. The Morgan fingerprint density at radius 1 is 1.05 bits per heavy atom. The SMILES string of the molecule is CCCNCC(OCc1ccccc1)c1ccccc1F. The molecule has 112 valence electrons. The molecule has 0 spiro atoms. The predicted molar refractivity (Wildman–Crippen MR) is 83.5 cm³/mol. The lowest BCUT2D eigenvalue weighted by atomic mass is 10.1. The number of nitrogens with one attached hydrogen (secondary N) is 1. The molecule has 2 aromatic carbocycles. The van der Waals surface area contributed by atoms with Gasteiger partial charge in [0.05, 0.1) is 12.7 Å². The molecule has 0 amide bonds. The molecule has 0 saturated heterocycles. The molecule has 3 heteroatoms.